The van der Waals surface area contributed by atoms with Crippen molar-refractivity contribution in [2.24, 2.45) is 5.10 Å². The Hall–Kier alpha value is -5.01. The molecule has 0 atom stereocenters. The van der Waals surface area contributed by atoms with Crippen LogP contribution in [0.3, 0.4) is 0 Å². The number of aryl methyl sites for hydroxylation is 3. The SMILES string of the molecule is C.Cc1cccc(-n2ncc3ccc(Br)cc32)c1.Cc1cccc(N)c1.Cc1cccc(N/N=C\c2ccc(Br)cc2F)c1.N.O=Cc1ccc(Br)cc1F. The molecule has 0 saturated heterocycles. The van der Waals surface area contributed by atoms with Crippen molar-refractivity contribution in [3.63, 3.8) is 0 Å². The molecule has 1 heterocycles. The zero-order valence-electron chi connectivity index (χ0n) is 29.8. The van der Waals surface area contributed by atoms with Gasteiger partial charge < -0.3 is 11.9 Å². The molecule has 0 saturated carbocycles. The number of carbonyl (C=O) groups excluding carboxylic acids is 1. The van der Waals surface area contributed by atoms with Gasteiger partial charge in [-0.2, -0.15) is 10.2 Å². The van der Waals surface area contributed by atoms with Crippen molar-refractivity contribution in [2.75, 3.05) is 11.2 Å². The molecule has 55 heavy (non-hydrogen) atoms. The summed E-state index contributed by atoms with van der Waals surface area (Å²) in [6.07, 6.45) is 3.84. The minimum absolute atomic E-state index is 0. The normalized spacial score (nSPS) is 9.96. The molecule has 0 fully saturated rings. The van der Waals surface area contributed by atoms with E-state index in [1.54, 1.807) is 18.2 Å². The fourth-order valence-corrected chi connectivity index (χ4v) is 5.74. The third kappa shape index (κ3) is 15.0. The second kappa shape index (κ2) is 23.0. The van der Waals surface area contributed by atoms with Crippen LogP contribution in [0, 0.1) is 32.4 Å². The van der Waals surface area contributed by atoms with E-state index in [0.717, 1.165) is 38.0 Å². The van der Waals surface area contributed by atoms with E-state index in [4.69, 9.17) is 5.73 Å². The number of nitrogens with two attached hydrogens (primary N) is 1. The molecule has 1 aromatic heterocycles. The number of aldehydes is 1. The van der Waals surface area contributed by atoms with Crippen LogP contribution in [-0.4, -0.2) is 22.3 Å². The molecule has 0 aliphatic rings. The number of hydrogen-bond acceptors (Lipinski definition) is 6. The molecule has 0 unspecified atom stereocenters. The second-order valence-corrected chi connectivity index (χ2v) is 14.4. The summed E-state index contributed by atoms with van der Waals surface area (Å²) in [6, 6.07) is 39.3. The van der Waals surface area contributed by atoms with Crippen LogP contribution in [0.4, 0.5) is 20.2 Å². The van der Waals surface area contributed by atoms with E-state index >= 15 is 0 Å². The van der Waals surface area contributed by atoms with Gasteiger partial charge in [-0.1, -0.05) is 97.7 Å². The van der Waals surface area contributed by atoms with Crippen LogP contribution in [0.5, 0.6) is 0 Å². The predicted molar refractivity (Wildman–Crippen MR) is 237 cm³/mol. The van der Waals surface area contributed by atoms with Gasteiger partial charge in [0.05, 0.1) is 34.9 Å². The number of carbonyl (C=O) groups is 1. The summed E-state index contributed by atoms with van der Waals surface area (Å²) >= 11 is 9.78. The highest BCUT2D eigenvalue weighted by atomic mass is 79.9. The van der Waals surface area contributed by atoms with Crippen LogP contribution in [0.15, 0.2) is 152 Å². The quantitative estimate of drug-likeness (QED) is 0.0687. The summed E-state index contributed by atoms with van der Waals surface area (Å²) in [5.41, 5.74) is 16.4. The highest BCUT2D eigenvalue weighted by molar-refractivity contribution is 9.11. The molecule has 7 rings (SSSR count). The predicted octanol–water partition coefficient (Wildman–Crippen LogP) is 13.2. The molecule has 0 amide bonds. The zero-order valence-corrected chi connectivity index (χ0v) is 34.5. The van der Waals surface area contributed by atoms with Gasteiger partial charge >= 0.3 is 0 Å². The zero-order chi connectivity index (χ0) is 38.3. The molecule has 0 aliphatic heterocycles. The van der Waals surface area contributed by atoms with Crippen molar-refractivity contribution < 1.29 is 13.6 Å². The van der Waals surface area contributed by atoms with Crippen LogP contribution in [0.25, 0.3) is 16.6 Å². The van der Waals surface area contributed by atoms with Gasteiger partial charge in [0.25, 0.3) is 0 Å². The third-order valence-corrected chi connectivity index (χ3v) is 8.77. The van der Waals surface area contributed by atoms with E-state index in [1.807, 2.05) is 79.3 Å². The Morgan fingerprint density at radius 1 is 0.691 bits per heavy atom. The highest BCUT2D eigenvalue weighted by Gasteiger charge is 2.05. The van der Waals surface area contributed by atoms with Crippen molar-refractivity contribution in [3.05, 3.63) is 186 Å². The minimum atomic E-state index is -0.496. The average Bonchev–Trinajstić information content (AvgIpc) is 3.53. The maximum Gasteiger partial charge on any atom is 0.152 e. The van der Waals surface area contributed by atoms with Crippen molar-refractivity contribution in [3.8, 4) is 5.69 Å². The van der Waals surface area contributed by atoms with Gasteiger partial charge in [0, 0.05) is 30.1 Å². The minimum Gasteiger partial charge on any atom is -0.399 e. The van der Waals surface area contributed by atoms with Crippen LogP contribution in [0.1, 0.15) is 40.0 Å². The number of nitrogens with zero attached hydrogens (tertiary/aromatic N) is 3. The summed E-state index contributed by atoms with van der Waals surface area (Å²) in [5.74, 6) is -0.802. The number of nitrogen functional groups attached to an aromatic ring is 1. The van der Waals surface area contributed by atoms with Crippen LogP contribution >= 0.6 is 47.8 Å². The number of anilines is 2. The molecule has 12 heteroatoms. The molecule has 0 spiro atoms. The maximum absolute atomic E-state index is 13.5. The molecular formula is C43H43Br3F2N6O. The van der Waals surface area contributed by atoms with Gasteiger partial charge in [0.2, 0.25) is 0 Å². The van der Waals surface area contributed by atoms with Gasteiger partial charge in [-0.3, -0.25) is 10.2 Å². The van der Waals surface area contributed by atoms with Crippen LogP contribution in [0.2, 0.25) is 0 Å². The Kier molecular flexibility index (Phi) is 19.3. The number of nitrogens with one attached hydrogen (secondary N) is 1. The molecular weight excluding hydrogens is 894 g/mol. The summed E-state index contributed by atoms with van der Waals surface area (Å²) < 4.78 is 30.5. The first-order valence-corrected chi connectivity index (χ1v) is 18.5. The first-order chi connectivity index (χ1) is 25.4. The number of aromatic nitrogens is 2. The van der Waals surface area contributed by atoms with E-state index in [1.165, 1.54) is 35.5 Å². The van der Waals surface area contributed by atoms with Gasteiger partial charge in [-0.05, 0) is 122 Å². The number of rotatable bonds is 5. The standard InChI is InChI=1S/C14H12BrFN2.C14H11BrN2.C7H4BrFO.C7H9N.CH4.H3N/c1-10-3-2-4-13(7-10)18-17-9-11-5-6-12(15)8-14(11)16;1-10-3-2-4-13(7-10)17-14-8-12(15)6-5-11(14)9-16-17;8-6-2-1-5(4-10)7(9)3-6;1-6-3-2-4-7(8)5-6;;/h2-9,18H,1H3;2-9H,1H3;1-4H;2-5H,8H2,1H3;1H4;1H3/b17-9-;;;;;. The lowest BCUT2D eigenvalue weighted by atomic mass is 10.2. The molecule has 0 bridgehead atoms. The Balaban J connectivity index is 0.000000262. The van der Waals surface area contributed by atoms with E-state index in [0.29, 0.717) is 20.8 Å². The maximum atomic E-state index is 13.5. The van der Waals surface area contributed by atoms with Crippen LogP contribution < -0.4 is 17.3 Å². The Morgan fingerprint density at radius 2 is 1.24 bits per heavy atom. The first kappa shape index (κ1) is 46.1. The number of hydrogen-bond donors (Lipinski definition) is 3. The van der Waals surface area contributed by atoms with Crippen molar-refractivity contribution >= 4 is 82.6 Å². The van der Waals surface area contributed by atoms with Crippen molar-refractivity contribution in [2.45, 2.75) is 28.2 Å². The number of halogens is 5. The van der Waals surface area contributed by atoms with Crippen molar-refractivity contribution in [1.82, 2.24) is 15.9 Å². The largest absolute Gasteiger partial charge is 0.399 e. The Morgan fingerprint density at radius 3 is 1.78 bits per heavy atom. The molecule has 7 nitrogen and oxygen atoms in total. The van der Waals surface area contributed by atoms with E-state index in [-0.39, 0.29) is 25.0 Å². The highest BCUT2D eigenvalue weighted by Crippen LogP contribution is 2.23. The number of benzene rings is 6. The molecule has 0 radical (unpaired) electrons. The smallest absolute Gasteiger partial charge is 0.152 e. The van der Waals surface area contributed by atoms with Gasteiger partial charge in [-0.15, -0.1) is 0 Å². The summed E-state index contributed by atoms with van der Waals surface area (Å²) in [7, 11) is 0. The van der Waals surface area contributed by atoms with E-state index < -0.39 is 5.82 Å². The fourth-order valence-electron chi connectivity index (χ4n) is 4.72. The second-order valence-electron chi connectivity index (χ2n) is 11.7. The molecule has 6 aromatic carbocycles. The molecule has 6 N–H and O–H groups in total. The summed E-state index contributed by atoms with van der Waals surface area (Å²) in [6.45, 7) is 6.12. The molecule has 7 aromatic rings. The van der Waals surface area contributed by atoms with E-state index in [2.05, 4.69) is 107 Å². The van der Waals surface area contributed by atoms with Gasteiger partial charge in [0.1, 0.15) is 11.6 Å². The Labute approximate surface area is 346 Å². The molecule has 286 valence electrons. The lowest BCUT2D eigenvalue weighted by Gasteiger charge is -2.04. The first-order valence-electron chi connectivity index (χ1n) is 16.2. The summed E-state index contributed by atoms with van der Waals surface area (Å²) in [5, 5.41) is 9.60. The summed E-state index contributed by atoms with van der Waals surface area (Å²) in [4.78, 5) is 10.1. The lowest BCUT2D eigenvalue weighted by Crippen LogP contribution is -1.95. The van der Waals surface area contributed by atoms with Crippen molar-refractivity contribution in [1.29, 1.82) is 0 Å². The third-order valence-electron chi connectivity index (χ3n) is 7.29. The number of hydrazone groups is 1. The van der Waals surface area contributed by atoms with Gasteiger partial charge in [-0.25, -0.2) is 13.5 Å². The van der Waals surface area contributed by atoms with E-state index in [9.17, 15) is 13.6 Å². The number of fused-ring (bicyclic) bond motifs is 1. The fraction of sp³-hybridized carbons (Fsp3) is 0.0930. The lowest BCUT2D eigenvalue weighted by molar-refractivity contribution is 0.111. The van der Waals surface area contributed by atoms with Crippen LogP contribution in [-0.2, 0) is 0 Å². The van der Waals surface area contributed by atoms with Gasteiger partial charge in [0.15, 0.2) is 6.29 Å². The Bertz CT molecular complexity index is 2310. The molecule has 0 aliphatic carbocycles. The average molecular weight is 938 g/mol. The monoisotopic (exact) mass is 934 g/mol. The topological polar surface area (TPSA) is 120 Å².